The number of nitrogens with one attached hydrogen (secondary N) is 2. The van der Waals surface area contributed by atoms with Crippen LogP contribution in [0, 0.1) is 6.07 Å². The molecule has 4 aromatic rings. The lowest BCUT2D eigenvalue weighted by molar-refractivity contribution is 0.563. The van der Waals surface area contributed by atoms with E-state index in [-0.39, 0.29) is 0 Å². The van der Waals surface area contributed by atoms with Crippen molar-refractivity contribution in [1.82, 2.24) is 15.0 Å². The lowest BCUT2D eigenvalue weighted by Crippen LogP contribution is -2.06. The maximum Gasteiger partial charge on any atom is 0.232 e. The second-order valence-electron chi connectivity index (χ2n) is 30.6. The Balaban J connectivity index is 1.71. The number of unbranched alkanes of at least 4 members (excludes halogenated alkanes) is 54. The first kappa shape index (κ1) is 94.7. The van der Waals surface area contributed by atoms with Crippen LogP contribution in [0.2, 0.25) is 0 Å². The molecule has 0 aliphatic rings. The first-order valence-electron chi connectivity index (χ1n) is 44.9. The zero-order valence-corrected chi connectivity index (χ0v) is 73.5. The van der Waals surface area contributed by atoms with Gasteiger partial charge in [0.25, 0.3) is 0 Å². The molecule has 0 spiro atoms. The molecule has 0 aliphatic carbocycles. The molecule has 0 saturated heterocycles. The fraction of sp³-hybridized carbons (Fsp3) is 0.774. The van der Waals surface area contributed by atoms with Crippen molar-refractivity contribution in [1.29, 1.82) is 0 Å². The quantitative estimate of drug-likeness (QED) is 0.0328. The van der Waals surface area contributed by atoms with Crippen molar-refractivity contribution in [2.45, 2.75) is 456 Å². The molecule has 0 atom stereocenters. The molecule has 4 rings (SSSR count). The third-order valence-electron chi connectivity index (χ3n) is 20.7. The fourth-order valence-corrected chi connectivity index (χ4v) is 21.6. The van der Waals surface area contributed by atoms with Crippen LogP contribution in [0.3, 0.4) is 0 Å². The third kappa shape index (κ3) is 50.3. The summed E-state index contributed by atoms with van der Waals surface area (Å²) < 4.78 is 0. The van der Waals surface area contributed by atoms with E-state index in [2.05, 4.69) is 165 Å². The van der Waals surface area contributed by atoms with Gasteiger partial charge in [-0.3, -0.25) is 0 Å². The highest BCUT2D eigenvalue weighted by Gasteiger charge is 2.19. The van der Waals surface area contributed by atoms with E-state index in [1.807, 2.05) is 12.1 Å². The van der Waals surface area contributed by atoms with Gasteiger partial charge in [0.1, 0.15) is 0 Å². The molecule has 1 radical (unpaired) electrons. The first-order valence-corrected chi connectivity index (χ1v) is 50.8. The Kier molecular flexibility index (Phi) is 64.2. The van der Waals surface area contributed by atoms with Crippen LogP contribution in [0.1, 0.15) is 427 Å². The molecule has 0 bridgehead atoms. The highest BCUT2D eigenvalue weighted by Crippen LogP contribution is 2.45. The second-order valence-corrected chi connectivity index (χ2v) is 37.4. The Labute approximate surface area is 670 Å². The minimum Gasteiger partial charge on any atom is -0.324 e. The average Bonchev–Trinajstić information content (AvgIpc) is 0.812. The van der Waals surface area contributed by atoms with Crippen molar-refractivity contribution in [2.24, 2.45) is 0 Å². The molecule has 0 amide bonds. The molecular weight excluding hydrogens is 1380 g/mol. The van der Waals surface area contributed by atoms with Crippen LogP contribution in [0.5, 0.6) is 0 Å². The molecule has 0 unspecified atom stereocenters. The van der Waals surface area contributed by atoms with Gasteiger partial charge < -0.3 is 10.6 Å². The van der Waals surface area contributed by atoms with Gasteiger partial charge in [-0.25, -0.2) is 0 Å². The van der Waals surface area contributed by atoms with Gasteiger partial charge in [0.2, 0.25) is 11.9 Å². The monoisotopic (exact) mass is 1540 g/mol. The number of hydrogen-bond donors (Lipinski definition) is 2. The predicted molar refractivity (Wildman–Crippen MR) is 479 cm³/mol. The van der Waals surface area contributed by atoms with E-state index in [4.69, 9.17) is 15.0 Å². The summed E-state index contributed by atoms with van der Waals surface area (Å²) >= 11 is 12.7. The molecule has 0 aliphatic heterocycles. The largest absolute Gasteiger partial charge is 0.324 e. The van der Waals surface area contributed by atoms with E-state index < -0.39 is 0 Å². The topological polar surface area (TPSA) is 62.7 Å². The normalized spacial score (nSPS) is 11.6. The zero-order chi connectivity index (χ0) is 73.7. The lowest BCUT2D eigenvalue weighted by atomic mass is 10.1. The van der Waals surface area contributed by atoms with Crippen LogP contribution >= 0.6 is 70.6 Å². The molecule has 5 nitrogen and oxygen atoms in total. The summed E-state index contributed by atoms with van der Waals surface area (Å²) in [4.78, 5) is 24.7. The van der Waals surface area contributed by atoms with E-state index in [0.29, 0.717) is 17.7 Å². The molecular formula is C93H160N5S6. The second kappa shape index (κ2) is 70.5. The van der Waals surface area contributed by atoms with Crippen molar-refractivity contribution in [3.8, 4) is 11.4 Å². The minimum absolute atomic E-state index is 0.585. The Bertz CT molecular complexity index is 2300. The van der Waals surface area contributed by atoms with Crippen molar-refractivity contribution < 1.29 is 0 Å². The molecule has 3 aromatic carbocycles. The molecule has 0 saturated carbocycles. The van der Waals surface area contributed by atoms with Gasteiger partial charge in [-0.1, -0.05) is 413 Å². The van der Waals surface area contributed by atoms with Crippen LogP contribution in [0.15, 0.2) is 77.9 Å². The number of aromatic nitrogens is 3. The van der Waals surface area contributed by atoms with Gasteiger partial charge in [-0.2, -0.15) is 15.0 Å². The molecule has 593 valence electrons. The van der Waals surface area contributed by atoms with Crippen molar-refractivity contribution in [3.05, 3.63) is 54.6 Å². The Hall–Kier alpha value is -1.63. The van der Waals surface area contributed by atoms with Gasteiger partial charge in [0, 0.05) is 46.3 Å². The van der Waals surface area contributed by atoms with E-state index in [9.17, 15) is 0 Å². The SMILES string of the molecule is CCCCCCCCCCCCSc1cc(Nc2nc(Nc3cc(SCCCCCCCCCCCC)c(SCCCCCCCCCCCC)c(SCCCCCCCCCCCC)c3)nc(-c3cc[c]cc3)n2)cc(SCCCCCCCCCCCC)c1SCCCCCCCCCCCC. The van der Waals surface area contributed by atoms with Crippen LogP contribution in [0.25, 0.3) is 11.4 Å². The summed E-state index contributed by atoms with van der Waals surface area (Å²) in [6.45, 7) is 14.0. The number of thioether (sulfide) groups is 6. The van der Waals surface area contributed by atoms with E-state index >= 15 is 0 Å². The molecule has 104 heavy (non-hydrogen) atoms. The number of benzene rings is 3. The first-order chi connectivity index (χ1) is 51.5. The standard InChI is InChI=1S/C93H160N5S6/c1-7-13-19-25-31-37-43-49-55-64-72-99-85-78-83(79-86(100-73-65-56-50-44-38-32-26-20-14-8-2)89(85)103-76-68-59-53-47-41-35-29-23-17-11-5)94-92-96-91(82-70-62-61-63-71-82)97-93(98-92)95-84-80-87(101-74-66-57-51-45-39-33-27-21-15-9-3)90(104-77-69-60-54-48-42-36-30-24-18-12-6)88(81-84)102-75-67-58-52-46-40-34-28-22-16-10-4/h62-63,70-71,78-81H,7-60,64-69,72-77H2,1-6H3,(H2,94,95,96,97,98). The average molecular weight is 1540 g/mol. The van der Waals surface area contributed by atoms with Gasteiger partial charge >= 0.3 is 0 Å². The van der Waals surface area contributed by atoms with Gasteiger partial charge in [-0.05, 0) is 103 Å². The van der Waals surface area contributed by atoms with Gasteiger partial charge in [0.05, 0.1) is 0 Å². The summed E-state index contributed by atoms with van der Waals surface area (Å²) in [6.07, 6.45) is 82.1. The van der Waals surface area contributed by atoms with E-state index in [0.717, 1.165) is 39.9 Å². The third-order valence-corrected chi connectivity index (χ3v) is 28.1. The highest BCUT2D eigenvalue weighted by atomic mass is 32.2. The Morgan fingerprint density at radius 1 is 0.240 bits per heavy atom. The summed E-state index contributed by atoms with van der Waals surface area (Å²) in [5.41, 5.74) is 3.12. The number of nitrogens with zero attached hydrogens (tertiary/aromatic N) is 3. The number of hydrogen-bond acceptors (Lipinski definition) is 11. The summed E-state index contributed by atoms with van der Waals surface area (Å²) in [5.74, 6) is 8.81. The van der Waals surface area contributed by atoms with Crippen molar-refractivity contribution in [3.63, 3.8) is 0 Å². The van der Waals surface area contributed by atoms with Crippen LogP contribution in [-0.4, -0.2) is 49.5 Å². The number of rotatable bonds is 77. The fourth-order valence-electron chi connectivity index (χ4n) is 14.0. The molecule has 1 aromatic heterocycles. The van der Waals surface area contributed by atoms with Crippen LogP contribution in [-0.2, 0) is 0 Å². The van der Waals surface area contributed by atoms with E-state index in [1.54, 1.807) is 0 Å². The van der Waals surface area contributed by atoms with Gasteiger partial charge in [-0.15, -0.1) is 70.6 Å². The summed E-state index contributed by atoms with van der Waals surface area (Å²) in [5, 5.41) is 7.80. The molecule has 0 fully saturated rings. The number of anilines is 4. The smallest absolute Gasteiger partial charge is 0.232 e. The van der Waals surface area contributed by atoms with E-state index in [1.165, 1.54) is 426 Å². The zero-order valence-electron chi connectivity index (χ0n) is 68.6. The van der Waals surface area contributed by atoms with Crippen molar-refractivity contribution in [2.75, 3.05) is 45.2 Å². The van der Waals surface area contributed by atoms with Crippen LogP contribution < -0.4 is 10.6 Å². The Morgan fingerprint density at radius 2 is 0.433 bits per heavy atom. The lowest BCUT2D eigenvalue weighted by Gasteiger charge is -2.19. The molecule has 2 N–H and O–H groups in total. The minimum atomic E-state index is 0.585. The van der Waals surface area contributed by atoms with Gasteiger partial charge in [0.15, 0.2) is 5.82 Å². The maximum absolute atomic E-state index is 5.37. The molecule has 1 heterocycles. The summed E-state index contributed by atoms with van der Waals surface area (Å²) in [7, 11) is 0. The Morgan fingerprint density at radius 3 is 0.644 bits per heavy atom. The summed E-state index contributed by atoms with van der Waals surface area (Å²) in [6, 6.07) is 21.3. The predicted octanol–water partition coefficient (Wildman–Crippen LogP) is 34.9. The maximum atomic E-state index is 5.37. The van der Waals surface area contributed by atoms with Crippen molar-refractivity contribution >= 4 is 93.8 Å². The highest BCUT2D eigenvalue weighted by molar-refractivity contribution is 8.04. The van der Waals surface area contributed by atoms with Crippen LogP contribution in [0.4, 0.5) is 23.3 Å². The molecule has 11 heteroatoms.